The van der Waals surface area contributed by atoms with Gasteiger partial charge in [-0.1, -0.05) is 39.0 Å². The highest BCUT2D eigenvalue weighted by atomic mass is 32.2. The normalized spacial score (nSPS) is 10.9. The van der Waals surface area contributed by atoms with Crippen LogP contribution in [-0.2, 0) is 11.3 Å². The van der Waals surface area contributed by atoms with Gasteiger partial charge in [0.1, 0.15) is 5.82 Å². The van der Waals surface area contributed by atoms with Crippen molar-refractivity contribution in [1.82, 2.24) is 9.55 Å². The van der Waals surface area contributed by atoms with Crippen LogP contribution in [0.25, 0.3) is 0 Å². The van der Waals surface area contributed by atoms with E-state index in [0.29, 0.717) is 19.5 Å². The third-order valence-electron chi connectivity index (χ3n) is 3.42. The zero-order chi connectivity index (χ0) is 19.1. The van der Waals surface area contributed by atoms with E-state index < -0.39 is 11.2 Å². The Morgan fingerprint density at radius 3 is 2.56 bits per heavy atom. The van der Waals surface area contributed by atoms with Gasteiger partial charge in [-0.2, -0.15) is 0 Å². The van der Waals surface area contributed by atoms with Crippen LogP contribution in [0.4, 0.5) is 11.5 Å². The van der Waals surface area contributed by atoms with Gasteiger partial charge in [-0.3, -0.25) is 24.5 Å². The van der Waals surface area contributed by atoms with Crippen molar-refractivity contribution in [3.05, 3.63) is 20.8 Å². The Bertz CT molecular complexity index is 740. The lowest BCUT2D eigenvalue weighted by Gasteiger charge is -2.24. The maximum Gasteiger partial charge on any atom is 0.330 e. The Kier molecular flexibility index (Phi) is 7.75. The average molecular weight is 370 g/mol. The minimum atomic E-state index is -0.695. The number of rotatable bonds is 8. The van der Waals surface area contributed by atoms with Crippen LogP contribution in [-0.4, -0.2) is 32.9 Å². The number of hydrogen-bond acceptors (Lipinski definition) is 6. The number of nitrogens with zero attached hydrogens (tertiary/aromatic N) is 2. The molecule has 0 atom stereocenters. The first-order valence-corrected chi connectivity index (χ1v) is 9.07. The topological polar surface area (TPSA) is 151 Å². The van der Waals surface area contributed by atoms with Crippen LogP contribution in [0.15, 0.2) is 9.59 Å². The number of anilines is 2. The zero-order valence-corrected chi connectivity index (χ0v) is 15.6. The van der Waals surface area contributed by atoms with Crippen LogP contribution in [0.3, 0.4) is 0 Å². The number of unbranched alkanes of at least 4 members (excludes halogenated alkanes) is 1. The Hall–Kier alpha value is -2.23. The number of H-pyrrole nitrogens is 1. The summed E-state index contributed by atoms with van der Waals surface area (Å²) in [5, 5.41) is 7.04. The van der Waals surface area contributed by atoms with E-state index in [2.05, 4.69) is 4.98 Å². The third kappa shape index (κ3) is 5.66. The van der Waals surface area contributed by atoms with E-state index in [4.69, 9.17) is 16.9 Å². The number of amides is 1. The molecule has 0 aliphatic heterocycles. The molecule has 25 heavy (non-hydrogen) atoms. The fourth-order valence-corrected chi connectivity index (χ4v) is 2.71. The van der Waals surface area contributed by atoms with E-state index in [-0.39, 0.29) is 34.3 Å². The van der Waals surface area contributed by atoms with Crippen LogP contribution < -0.4 is 27.6 Å². The van der Waals surface area contributed by atoms with E-state index in [1.807, 2.05) is 20.8 Å². The molecule has 9 nitrogen and oxygen atoms in total. The largest absolute Gasteiger partial charge is 0.383 e. The van der Waals surface area contributed by atoms with Gasteiger partial charge in [-0.05, 0) is 12.3 Å². The second-order valence-corrected chi connectivity index (χ2v) is 7.07. The van der Waals surface area contributed by atoms with Crippen LogP contribution >= 0.6 is 11.8 Å². The van der Waals surface area contributed by atoms with Gasteiger partial charge in [0.2, 0.25) is 5.91 Å². The molecule has 0 aliphatic rings. The molecule has 0 spiro atoms. The van der Waals surface area contributed by atoms with Gasteiger partial charge in [-0.25, -0.2) is 4.79 Å². The smallest absolute Gasteiger partial charge is 0.330 e. The van der Waals surface area contributed by atoms with Crippen molar-refractivity contribution in [2.75, 3.05) is 22.9 Å². The van der Waals surface area contributed by atoms with E-state index >= 15 is 0 Å². The molecular formula is C15H26N6O3S. The van der Waals surface area contributed by atoms with Crippen molar-refractivity contribution in [1.29, 1.82) is 5.41 Å². The summed E-state index contributed by atoms with van der Waals surface area (Å²) < 4.78 is 1.27. The van der Waals surface area contributed by atoms with E-state index in [1.165, 1.54) is 9.47 Å². The standard InChI is InChI=1S/C15H26N6O3S/c1-4-5-6-20(10(22)8-25-14(17)18)11-12(16)21(7-9(2)3)15(24)19-13(11)23/h9H,4-8,16H2,1-3H3,(H3,17,18)(H,19,23,24). The molecule has 1 amide bonds. The number of aromatic amines is 1. The number of carbonyl (C=O) groups excluding carboxylic acids is 1. The Labute approximate surface area is 150 Å². The monoisotopic (exact) mass is 370 g/mol. The van der Waals surface area contributed by atoms with Crippen LogP contribution in [0.5, 0.6) is 0 Å². The number of thioether (sulfide) groups is 1. The molecule has 6 N–H and O–H groups in total. The molecule has 1 aromatic rings. The second-order valence-electron chi connectivity index (χ2n) is 6.05. The van der Waals surface area contributed by atoms with Gasteiger partial charge in [0.25, 0.3) is 5.56 Å². The van der Waals surface area contributed by atoms with Gasteiger partial charge < -0.3 is 16.4 Å². The first-order valence-electron chi connectivity index (χ1n) is 8.08. The molecule has 1 heterocycles. The minimum absolute atomic E-state index is 0.0251. The number of nitrogens with one attached hydrogen (secondary N) is 2. The first kappa shape index (κ1) is 20.8. The van der Waals surface area contributed by atoms with Crippen molar-refractivity contribution in [2.45, 2.75) is 40.2 Å². The summed E-state index contributed by atoms with van der Waals surface area (Å²) >= 11 is 0.874. The number of carbonyl (C=O) groups is 1. The highest BCUT2D eigenvalue weighted by Gasteiger charge is 2.24. The molecule has 0 unspecified atom stereocenters. The van der Waals surface area contributed by atoms with Gasteiger partial charge in [0.05, 0.1) is 5.75 Å². The summed E-state index contributed by atoms with van der Waals surface area (Å²) in [6.45, 7) is 6.41. The predicted octanol–water partition coefficient (Wildman–Crippen LogP) is 0.535. The van der Waals surface area contributed by atoms with Gasteiger partial charge >= 0.3 is 5.69 Å². The van der Waals surface area contributed by atoms with Crippen molar-refractivity contribution >= 4 is 34.3 Å². The fourth-order valence-electron chi connectivity index (χ4n) is 2.28. The maximum absolute atomic E-state index is 12.5. The minimum Gasteiger partial charge on any atom is -0.383 e. The van der Waals surface area contributed by atoms with Gasteiger partial charge in [0, 0.05) is 13.1 Å². The highest BCUT2D eigenvalue weighted by Crippen LogP contribution is 2.19. The molecule has 0 fully saturated rings. The van der Waals surface area contributed by atoms with E-state index in [0.717, 1.165) is 18.2 Å². The molecule has 1 rings (SSSR count). The van der Waals surface area contributed by atoms with Crippen LogP contribution in [0.2, 0.25) is 0 Å². The second kappa shape index (κ2) is 9.30. The lowest BCUT2D eigenvalue weighted by Crippen LogP contribution is -2.42. The van der Waals surface area contributed by atoms with Gasteiger partial charge in [0.15, 0.2) is 10.9 Å². The molecule has 0 radical (unpaired) electrons. The Balaban J connectivity index is 3.37. The number of aromatic nitrogens is 2. The first-order chi connectivity index (χ1) is 11.7. The molecule has 10 heteroatoms. The zero-order valence-electron chi connectivity index (χ0n) is 14.8. The molecule has 0 aromatic carbocycles. The van der Waals surface area contributed by atoms with E-state index in [1.54, 1.807) is 0 Å². The summed E-state index contributed by atoms with van der Waals surface area (Å²) in [4.78, 5) is 40.4. The van der Waals surface area contributed by atoms with Crippen LogP contribution in [0, 0.1) is 11.3 Å². The summed E-state index contributed by atoms with van der Waals surface area (Å²) in [5.41, 5.74) is 10.0. The lowest BCUT2D eigenvalue weighted by molar-refractivity contribution is -0.116. The van der Waals surface area contributed by atoms with Crippen molar-refractivity contribution in [3.63, 3.8) is 0 Å². The Morgan fingerprint density at radius 2 is 2.04 bits per heavy atom. The number of hydrogen-bond donors (Lipinski definition) is 4. The summed E-state index contributed by atoms with van der Waals surface area (Å²) in [6, 6.07) is 0. The quantitative estimate of drug-likeness (QED) is 0.387. The summed E-state index contributed by atoms with van der Waals surface area (Å²) in [5.74, 6) is -0.367. The van der Waals surface area contributed by atoms with Crippen molar-refractivity contribution < 1.29 is 4.79 Å². The Morgan fingerprint density at radius 1 is 1.40 bits per heavy atom. The van der Waals surface area contributed by atoms with Crippen molar-refractivity contribution in [2.24, 2.45) is 11.7 Å². The number of nitrogens with two attached hydrogens (primary N) is 2. The van der Waals surface area contributed by atoms with Gasteiger partial charge in [-0.15, -0.1) is 0 Å². The SMILES string of the molecule is CCCCN(C(=O)CSC(=N)N)c1c(N)n(CC(C)C)c(=O)[nH]c1=O. The molecule has 0 saturated heterocycles. The van der Waals surface area contributed by atoms with Crippen LogP contribution in [0.1, 0.15) is 33.6 Å². The predicted molar refractivity (Wildman–Crippen MR) is 102 cm³/mol. The molecule has 0 aliphatic carbocycles. The fraction of sp³-hybridized carbons (Fsp3) is 0.600. The maximum atomic E-state index is 12.5. The molecular weight excluding hydrogens is 344 g/mol. The van der Waals surface area contributed by atoms with Crippen molar-refractivity contribution in [3.8, 4) is 0 Å². The molecule has 0 saturated carbocycles. The average Bonchev–Trinajstić information content (AvgIpc) is 2.51. The third-order valence-corrected chi connectivity index (χ3v) is 4.12. The highest BCUT2D eigenvalue weighted by molar-refractivity contribution is 8.14. The summed E-state index contributed by atoms with van der Waals surface area (Å²) in [7, 11) is 0. The number of amidine groups is 1. The summed E-state index contributed by atoms with van der Waals surface area (Å²) in [6.07, 6.45) is 1.48. The molecule has 1 aromatic heterocycles. The van der Waals surface area contributed by atoms with E-state index in [9.17, 15) is 14.4 Å². The molecule has 0 bridgehead atoms. The molecule has 140 valence electrons. The lowest BCUT2D eigenvalue weighted by atomic mass is 10.2. The number of nitrogen functional groups attached to an aromatic ring is 1.